The summed E-state index contributed by atoms with van der Waals surface area (Å²) in [6, 6.07) is 14.9. The Morgan fingerprint density at radius 2 is 1.97 bits per heavy atom. The van der Waals surface area contributed by atoms with Crippen LogP contribution >= 0.6 is 11.6 Å². The van der Waals surface area contributed by atoms with Crippen molar-refractivity contribution in [3.63, 3.8) is 0 Å². The lowest BCUT2D eigenvalue weighted by Crippen LogP contribution is -2.36. The number of ether oxygens (including phenoxy) is 1. The molecule has 8 nitrogen and oxygen atoms in total. The molecule has 1 amide bonds. The normalized spacial score (nSPS) is 15.0. The third-order valence-electron chi connectivity index (χ3n) is 6.13. The Kier molecular flexibility index (Phi) is 6.28. The highest BCUT2D eigenvalue weighted by atomic mass is 35.5. The Morgan fingerprint density at radius 3 is 2.68 bits per heavy atom. The van der Waals surface area contributed by atoms with Crippen LogP contribution in [0.3, 0.4) is 0 Å². The molecule has 1 aliphatic rings. The van der Waals surface area contributed by atoms with E-state index in [1.807, 2.05) is 6.92 Å². The lowest BCUT2D eigenvalue weighted by molar-refractivity contribution is -0.108. The highest BCUT2D eigenvalue weighted by Gasteiger charge is 2.26. The van der Waals surface area contributed by atoms with Gasteiger partial charge in [0.15, 0.2) is 0 Å². The number of carbonyl (C=O) groups excluding carboxylic acids is 1. The van der Waals surface area contributed by atoms with Gasteiger partial charge in [-0.1, -0.05) is 23.7 Å². The largest absolute Gasteiger partial charge is 0.440 e. The first-order chi connectivity index (χ1) is 16.6. The number of aromatic amines is 1. The number of rotatable bonds is 7. The Labute approximate surface area is 202 Å². The van der Waals surface area contributed by atoms with Crippen LogP contribution in [0.5, 0.6) is 0 Å². The maximum atomic E-state index is 12.1. The van der Waals surface area contributed by atoms with Crippen molar-refractivity contribution in [1.82, 2.24) is 9.97 Å². The van der Waals surface area contributed by atoms with Crippen molar-refractivity contribution in [2.24, 2.45) is 5.73 Å². The van der Waals surface area contributed by atoms with Gasteiger partial charge in [0.05, 0.1) is 18.9 Å². The molecule has 176 valence electrons. The van der Waals surface area contributed by atoms with Crippen LogP contribution in [0.1, 0.15) is 17.6 Å². The van der Waals surface area contributed by atoms with E-state index in [1.165, 1.54) is 4.90 Å². The van der Waals surface area contributed by atoms with E-state index in [0.29, 0.717) is 28.7 Å². The summed E-state index contributed by atoms with van der Waals surface area (Å²) in [4.78, 5) is 24.0. The number of furan rings is 1. The molecular weight excluding hydrogens is 454 g/mol. The summed E-state index contributed by atoms with van der Waals surface area (Å²) in [5.41, 5.74) is 10.6. The zero-order chi connectivity index (χ0) is 23.7. The van der Waals surface area contributed by atoms with Crippen LogP contribution in [0.4, 0.5) is 11.6 Å². The molecule has 0 bridgehead atoms. The summed E-state index contributed by atoms with van der Waals surface area (Å²) in [6.45, 7) is 5.39. The molecule has 0 spiro atoms. The predicted molar refractivity (Wildman–Crippen MR) is 133 cm³/mol. The number of anilines is 2. The van der Waals surface area contributed by atoms with Crippen molar-refractivity contribution in [2.75, 3.05) is 42.6 Å². The monoisotopic (exact) mass is 479 g/mol. The quantitative estimate of drug-likeness (QED) is 0.384. The first-order valence-electron chi connectivity index (χ1n) is 11.2. The van der Waals surface area contributed by atoms with E-state index in [9.17, 15) is 4.79 Å². The molecule has 34 heavy (non-hydrogen) atoms. The summed E-state index contributed by atoms with van der Waals surface area (Å²) in [5.74, 6) is 0.978. The van der Waals surface area contributed by atoms with Crippen molar-refractivity contribution < 1.29 is 13.9 Å². The van der Waals surface area contributed by atoms with Gasteiger partial charge in [-0.3, -0.25) is 9.69 Å². The Morgan fingerprint density at radius 1 is 1.21 bits per heavy atom. The lowest BCUT2D eigenvalue weighted by Gasteiger charge is -2.28. The predicted octanol–water partition coefficient (Wildman–Crippen LogP) is 4.28. The lowest BCUT2D eigenvalue weighted by atomic mass is 10.1. The van der Waals surface area contributed by atoms with Gasteiger partial charge in [-0.25, -0.2) is 4.98 Å². The number of fused-ring (bicyclic) bond motifs is 1. The van der Waals surface area contributed by atoms with E-state index in [4.69, 9.17) is 31.5 Å². The summed E-state index contributed by atoms with van der Waals surface area (Å²) in [6.07, 6.45) is 0.714. The highest BCUT2D eigenvalue weighted by molar-refractivity contribution is 6.31. The SMILES string of the molecule is Cc1[nH]c([C@H](CN)N(C=O)c2cc3cc(Cl)ccc3o2)nc1-c1ccc(N2CCOCC2)cc1. The molecule has 5 rings (SSSR count). The second kappa shape index (κ2) is 9.50. The second-order valence-electron chi connectivity index (χ2n) is 8.27. The topological polar surface area (TPSA) is 101 Å². The maximum absolute atomic E-state index is 12.1. The number of imidazole rings is 1. The van der Waals surface area contributed by atoms with Crippen molar-refractivity contribution in [2.45, 2.75) is 13.0 Å². The minimum Gasteiger partial charge on any atom is -0.440 e. The van der Waals surface area contributed by atoms with Gasteiger partial charge in [0.25, 0.3) is 0 Å². The number of nitrogens with two attached hydrogens (primary N) is 1. The summed E-state index contributed by atoms with van der Waals surface area (Å²) in [7, 11) is 0. The first kappa shape index (κ1) is 22.5. The smallest absolute Gasteiger partial charge is 0.217 e. The molecular formula is C25H26ClN5O3. The van der Waals surface area contributed by atoms with Crippen molar-refractivity contribution >= 4 is 40.6 Å². The second-order valence-corrected chi connectivity index (χ2v) is 8.71. The molecule has 0 aliphatic carbocycles. The minimum atomic E-state index is -0.520. The number of morpholine rings is 1. The van der Waals surface area contributed by atoms with Crippen molar-refractivity contribution in [3.8, 4) is 11.3 Å². The third-order valence-corrected chi connectivity index (χ3v) is 6.36. The molecule has 2 aromatic carbocycles. The Hall–Kier alpha value is -3.33. The Bertz CT molecular complexity index is 1290. The molecule has 1 fully saturated rings. The standard InChI is InChI=1S/C25H26ClN5O3/c1-16-24(17-2-5-20(6-3-17)30-8-10-33-11-9-30)29-25(28-16)21(14-27)31(15-32)23-13-18-12-19(26)4-7-22(18)34-23/h2-7,12-13,15,21H,8-11,14,27H2,1H3,(H,28,29)/t21-/m0/s1. The molecule has 9 heteroatoms. The summed E-state index contributed by atoms with van der Waals surface area (Å²) >= 11 is 6.09. The van der Waals surface area contributed by atoms with E-state index in [2.05, 4.69) is 34.1 Å². The van der Waals surface area contributed by atoms with Gasteiger partial charge in [0.2, 0.25) is 12.3 Å². The number of hydrogen-bond donors (Lipinski definition) is 2. The number of amides is 1. The highest BCUT2D eigenvalue weighted by Crippen LogP contribution is 2.33. The third kappa shape index (κ3) is 4.27. The fraction of sp³-hybridized carbons (Fsp3) is 0.280. The van der Waals surface area contributed by atoms with Crippen LogP contribution in [0.15, 0.2) is 52.9 Å². The summed E-state index contributed by atoms with van der Waals surface area (Å²) < 4.78 is 11.3. The maximum Gasteiger partial charge on any atom is 0.217 e. The van der Waals surface area contributed by atoms with Crippen molar-refractivity contribution in [1.29, 1.82) is 0 Å². The number of aromatic nitrogens is 2. The fourth-order valence-corrected chi connectivity index (χ4v) is 4.52. The van der Waals surface area contributed by atoms with Gasteiger partial charge in [0.1, 0.15) is 17.4 Å². The Balaban J connectivity index is 1.42. The van der Waals surface area contributed by atoms with Crippen molar-refractivity contribution in [3.05, 3.63) is 65.1 Å². The van der Waals surface area contributed by atoms with Crippen LogP contribution in [-0.4, -0.2) is 49.2 Å². The van der Waals surface area contributed by atoms with Gasteiger partial charge in [-0.2, -0.15) is 0 Å². The van der Waals surface area contributed by atoms with Gasteiger partial charge >= 0.3 is 0 Å². The van der Waals surface area contributed by atoms with Crippen LogP contribution < -0.4 is 15.5 Å². The zero-order valence-corrected chi connectivity index (χ0v) is 19.6. The molecule has 0 unspecified atom stereocenters. The molecule has 1 atom stereocenters. The van der Waals surface area contributed by atoms with Crippen LogP contribution in [0.25, 0.3) is 22.2 Å². The van der Waals surface area contributed by atoms with Crippen LogP contribution in [0.2, 0.25) is 5.02 Å². The summed E-state index contributed by atoms with van der Waals surface area (Å²) in [5, 5.41) is 1.40. The van der Waals surface area contributed by atoms with E-state index < -0.39 is 6.04 Å². The average Bonchev–Trinajstić information content (AvgIpc) is 3.45. The van der Waals surface area contributed by atoms with Crippen LogP contribution in [0, 0.1) is 6.92 Å². The van der Waals surface area contributed by atoms with Crippen LogP contribution in [-0.2, 0) is 9.53 Å². The molecule has 1 aliphatic heterocycles. The number of nitrogens with zero attached hydrogens (tertiary/aromatic N) is 3. The van der Waals surface area contributed by atoms with Gasteiger partial charge in [-0.05, 0) is 37.3 Å². The van der Waals surface area contributed by atoms with Gasteiger partial charge in [-0.15, -0.1) is 0 Å². The van der Waals surface area contributed by atoms with E-state index in [1.54, 1.807) is 24.3 Å². The van der Waals surface area contributed by atoms with Gasteiger partial charge < -0.3 is 24.8 Å². The van der Waals surface area contributed by atoms with E-state index in [-0.39, 0.29) is 6.54 Å². The zero-order valence-electron chi connectivity index (χ0n) is 18.8. The number of benzene rings is 2. The molecule has 3 N–H and O–H groups in total. The number of halogens is 1. The first-order valence-corrected chi connectivity index (χ1v) is 11.6. The number of nitrogens with one attached hydrogen (secondary N) is 1. The fourth-order valence-electron chi connectivity index (χ4n) is 4.34. The number of aryl methyl sites for hydroxylation is 1. The molecule has 0 saturated carbocycles. The molecule has 4 aromatic rings. The molecule has 1 saturated heterocycles. The number of hydrogen-bond acceptors (Lipinski definition) is 6. The van der Waals surface area contributed by atoms with E-state index in [0.717, 1.165) is 54.3 Å². The molecule has 2 aromatic heterocycles. The number of H-pyrrole nitrogens is 1. The molecule has 0 radical (unpaired) electrons. The van der Waals surface area contributed by atoms with E-state index >= 15 is 0 Å². The number of carbonyl (C=O) groups is 1. The van der Waals surface area contributed by atoms with Gasteiger partial charge in [0, 0.05) is 53.1 Å². The average molecular weight is 480 g/mol. The molecule has 3 heterocycles. The minimum absolute atomic E-state index is 0.166.